The number of carbonyl (C=O) groups is 1. The van der Waals surface area contributed by atoms with Gasteiger partial charge in [-0.3, -0.25) is 15.1 Å². The lowest BCUT2D eigenvalue weighted by molar-refractivity contribution is 0.102. The Bertz CT molecular complexity index is 849. The minimum atomic E-state index is -0.339. The first-order valence-corrected chi connectivity index (χ1v) is 7.81. The van der Waals surface area contributed by atoms with Crippen LogP contribution in [-0.4, -0.2) is 34.1 Å². The third kappa shape index (κ3) is 2.68. The van der Waals surface area contributed by atoms with Crippen molar-refractivity contribution in [1.29, 1.82) is 0 Å². The van der Waals surface area contributed by atoms with Crippen LogP contribution in [-0.2, 0) is 0 Å². The van der Waals surface area contributed by atoms with E-state index in [9.17, 15) is 4.79 Å². The van der Waals surface area contributed by atoms with Crippen LogP contribution in [0.3, 0.4) is 0 Å². The van der Waals surface area contributed by atoms with E-state index in [0.717, 1.165) is 15.9 Å². The van der Waals surface area contributed by atoms with Gasteiger partial charge in [0.2, 0.25) is 0 Å². The standard InChI is InChI=1S/C15H12N4O3S/c1-8-6-17-10(7-16-8)14(20)19-15-18-9-4-11-12(5-13(9)23-15)22-3-2-21-11/h4-7H,2-3H2,1H3,(H,18,19,20). The molecule has 0 aliphatic carbocycles. The topological polar surface area (TPSA) is 86.2 Å². The monoisotopic (exact) mass is 328 g/mol. The number of anilines is 1. The van der Waals surface area contributed by atoms with Crippen LogP contribution in [0.25, 0.3) is 10.2 Å². The van der Waals surface area contributed by atoms with E-state index in [4.69, 9.17) is 9.47 Å². The number of benzene rings is 1. The van der Waals surface area contributed by atoms with E-state index in [2.05, 4.69) is 20.3 Å². The molecule has 3 heterocycles. The Hall–Kier alpha value is -2.74. The fourth-order valence-corrected chi connectivity index (χ4v) is 3.06. The molecule has 0 saturated carbocycles. The first kappa shape index (κ1) is 13.9. The Kier molecular flexibility index (Phi) is 3.30. The van der Waals surface area contributed by atoms with Gasteiger partial charge in [-0.1, -0.05) is 11.3 Å². The summed E-state index contributed by atoms with van der Waals surface area (Å²) < 4.78 is 12.0. The van der Waals surface area contributed by atoms with Crippen molar-refractivity contribution in [3.8, 4) is 11.5 Å². The third-order valence-corrected chi connectivity index (χ3v) is 4.22. The fourth-order valence-electron chi connectivity index (χ4n) is 2.19. The van der Waals surface area contributed by atoms with Gasteiger partial charge in [-0.2, -0.15) is 0 Å². The number of nitrogens with one attached hydrogen (secondary N) is 1. The molecule has 0 saturated heterocycles. The summed E-state index contributed by atoms with van der Waals surface area (Å²) in [5.74, 6) is 1.04. The van der Waals surface area contributed by atoms with Crippen LogP contribution in [0.1, 0.15) is 16.2 Å². The van der Waals surface area contributed by atoms with Crippen LogP contribution in [0, 0.1) is 6.92 Å². The Morgan fingerprint density at radius 3 is 2.70 bits per heavy atom. The molecule has 0 unspecified atom stereocenters. The minimum Gasteiger partial charge on any atom is -0.486 e. The van der Waals surface area contributed by atoms with Crippen LogP contribution in [0.5, 0.6) is 11.5 Å². The lowest BCUT2D eigenvalue weighted by Gasteiger charge is -2.17. The van der Waals surface area contributed by atoms with Crippen LogP contribution in [0.2, 0.25) is 0 Å². The normalized spacial score (nSPS) is 13.1. The summed E-state index contributed by atoms with van der Waals surface area (Å²) in [6.07, 6.45) is 2.99. The molecule has 8 heteroatoms. The molecule has 1 amide bonds. The van der Waals surface area contributed by atoms with E-state index in [0.29, 0.717) is 29.8 Å². The molecule has 0 atom stereocenters. The molecule has 23 heavy (non-hydrogen) atoms. The van der Waals surface area contributed by atoms with Crippen molar-refractivity contribution in [3.05, 3.63) is 35.9 Å². The first-order chi connectivity index (χ1) is 11.2. The molecule has 2 aromatic heterocycles. The molecule has 1 N–H and O–H groups in total. The van der Waals surface area contributed by atoms with Gasteiger partial charge in [0.25, 0.3) is 5.91 Å². The number of carbonyl (C=O) groups excluding carboxylic acids is 1. The maximum atomic E-state index is 12.2. The van der Waals surface area contributed by atoms with Gasteiger partial charge in [-0.05, 0) is 6.92 Å². The number of fused-ring (bicyclic) bond motifs is 2. The lowest BCUT2D eigenvalue weighted by Crippen LogP contribution is -2.15. The molecule has 7 nitrogen and oxygen atoms in total. The number of hydrogen-bond acceptors (Lipinski definition) is 7. The van der Waals surface area contributed by atoms with E-state index >= 15 is 0 Å². The Balaban J connectivity index is 1.61. The Morgan fingerprint density at radius 1 is 1.17 bits per heavy atom. The molecule has 4 rings (SSSR count). The van der Waals surface area contributed by atoms with Crippen LogP contribution < -0.4 is 14.8 Å². The summed E-state index contributed by atoms with van der Waals surface area (Å²) in [5, 5.41) is 3.24. The van der Waals surface area contributed by atoms with Gasteiger partial charge in [-0.25, -0.2) is 9.97 Å². The number of aromatic nitrogens is 3. The second kappa shape index (κ2) is 5.47. The summed E-state index contributed by atoms with van der Waals surface area (Å²) in [4.78, 5) is 24.7. The van der Waals surface area contributed by atoms with Crippen LogP contribution in [0.15, 0.2) is 24.5 Å². The summed E-state index contributed by atoms with van der Waals surface area (Å²) in [5.41, 5.74) is 1.76. The summed E-state index contributed by atoms with van der Waals surface area (Å²) >= 11 is 1.37. The molecular formula is C15H12N4O3S. The SMILES string of the molecule is Cc1cnc(C(=O)Nc2nc3cc4c(cc3s2)OCCO4)cn1. The molecule has 1 aliphatic heterocycles. The van der Waals surface area contributed by atoms with Crippen molar-refractivity contribution in [2.45, 2.75) is 6.92 Å². The number of thiazole rings is 1. The van der Waals surface area contributed by atoms with Gasteiger partial charge in [-0.15, -0.1) is 0 Å². The largest absolute Gasteiger partial charge is 0.486 e. The van der Waals surface area contributed by atoms with Crippen molar-refractivity contribution in [3.63, 3.8) is 0 Å². The maximum Gasteiger partial charge on any atom is 0.277 e. The number of ether oxygens (including phenoxy) is 2. The predicted octanol–water partition coefficient (Wildman–Crippen LogP) is 2.42. The molecule has 116 valence electrons. The highest BCUT2D eigenvalue weighted by molar-refractivity contribution is 7.22. The predicted molar refractivity (Wildman–Crippen MR) is 85.3 cm³/mol. The van der Waals surface area contributed by atoms with Crippen LogP contribution in [0.4, 0.5) is 5.13 Å². The smallest absolute Gasteiger partial charge is 0.277 e. The summed E-state index contributed by atoms with van der Waals surface area (Å²) in [7, 11) is 0. The number of amides is 1. The highest BCUT2D eigenvalue weighted by Gasteiger charge is 2.16. The quantitative estimate of drug-likeness (QED) is 0.777. The molecule has 1 aliphatic rings. The number of aryl methyl sites for hydroxylation is 1. The molecule has 0 bridgehead atoms. The Morgan fingerprint density at radius 2 is 1.96 bits per heavy atom. The number of rotatable bonds is 2. The average Bonchev–Trinajstić information content (AvgIpc) is 2.94. The summed E-state index contributed by atoms with van der Waals surface area (Å²) in [6, 6.07) is 3.70. The van der Waals surface area contributed by atoms with Crippen LogP contribution >= 0.6 is 11.3 Å². The highest BCUT2D eigenvalue weighted by Crippen LogP contribution is 2.37. The Labute approximate surface area is 135 Å². The summed E-state index contributed by atoms with van der Waals surface area (Å²) in [6.45, 7) is 2.87. The third-order valence-electron chi connectivity index (χ3n) is 3.29. The van der Waals surface area contributed by atoms with E-state index in [1.807, 2.05) is 19.1 Å². The van der Waals surface area contributed by atoms with Crippen molar-refractivity contribution in [1.82, 2.24) is 15.0 Å². The van der Waals surface area contributed by atoms with E-state index < -0.39 is 0 Å². The number of nitrogens with zero attached hydrogens (tertiary/aromatic N) is 3. The molecule has 0 fully saturated rings. The van der Waals surface area contributed by atoms with E-state index in [1.165, 1.54) is 17.5 Å². The molecular weight excluding hydrogens is 316 g/mol. The van der Waals surface area contributed by atoms with Crippen molar-refractivity contribution in [2.75, 3.05) is 18.5 Å². The van der Waals surface area contributed by atoms with Crippen molar-refractivity contribution >= 4 is 32.6 Å². The van der Waals surface area contributed by atoms with Gasteiger partial charge in [0.1, 0.15) is 18.9 Å². The van der Waals surface area contributed by atoms with E-state index in [1.54, 1.807) is 6.20 Å². The molecule has 1 aromatic carbocycles. The average molecular weight is 328 g/mol. The molecule has 0 radical (unpaired) electrons. The zero-order valence-electron chi connectivity index (χ0n) is 12.2. The zero-order chi connectivity index (χ0) is 15.8. The second-order valence-corrected chi connectivity index (χ2v) is 6.01. The highest BCUT2D eigenvalue weighted by atomic mass is 32.1. The zero-order valence-corrected chi connectivity index (χ0v) is 13.0. The van der Waals surface area contributed by atoms with Gasteiger partial charge in [0.15, 0.2) is 16.6 Å². The van der Waals surface area contributed by atoms with Gasteiger partial charge >= 0.3 is 0 Å². The van der Waals surface area contributed by atoms with Crippen molar-refractivity contribution in [2.24, 2.45) is 0 Å². The van der Waals surface area contributed by atoms with Crippen molar-refractivity contribution < 1.29 is 14.3 Å². The lowest BCUT2D eigenvalue weighted by atomic mass is 10.3. The number of hydrogen-bond donors (Lipinski definition) is 1. The molecule has 0 spiro atoms. The minimum absolute atomic E-state index is 0.251. The van der Waals surface area contributed by atoms with Gasteiger partial charge < -0.3 is 9.47 Å². The van der Waals surface area contributed by atoms with Gasteiger partial charge in [0.05, 0.1) is 22.1 Å². The molecule has 3 aromatic rings. The maximum absolute atomic E-state index is 12.2. The fraction of sp³-hybridized carbons (Fsp3) is 0.200. The first-order valence-electron chi connectivity index (χ1n) is 6.99. The second-order valence-electron chi connectivity index (χ2n) is 4.98. The van der Waals surface area contributed by atoms with E-state index in [-0.39, 0.29) is 11.6 Å². The van der Waals surface area contributed by atoms with Gasteiger partial charge in [0, 0.05) is 18.3 Å².